The Labute approximate surface area is 204 Å². The van der Waals surface area contributed by atoms with Gasteiger partial charge in [-0.2, -0.15) is 0 Å². The van der Waals surface area contributed by atoms with E-state index in [1.54, 1.807) is 36.4 Å². The first kappa shape index (κ1) is 27.0. The van der Waals surface area contributed by atoms with E-state index in [-0.39, 0.29) is 31.1 Å². The summed E-state index contributed by atoms with van der Waals surface area (Å²) in [7, 11) is 1.88. The van der Waals surface area contributed by atoms with Crippen LogP contribution in [0.1, 0.15) is 43.5 Å². The maximum absolute atomic E-state index is 13.7. The molecule has 0 bridgehead atoms. The van der Waals surface area contributed by atoms with Crippen LogP contribution >= 0.6 is 0 Å². The molecule has 5 atom stereocenters. The number of hydrogen-bond donors (Lipinski definition) is 5. The summed E-state index contributed by atoms with van der Waals surface area (Å²) < 4.78 is 19.9. The van der Waals surface area contributed by atoms with E-state index in [2.05, 4.69) is 5.32 Å². The van der Waals surface area contributed by atoms with Crippen molar-refractivity contribution in [3.63, 3.8) is 0 Å². The van der Waals surface area contributed by atoms with Gasteiger partial charge < -0.3 is 30.3 Å². The predicted molar refractivity (Wildman–Crippen MR) is 125 cm³/mol. The second-order valence-electron chi connectivity index (χ2n) is 9.06. The Morgan fingerprint density at radius 3 is 2.51 bits per heavy atom. The number of nitrogens with one attached hydrogen (secondary N) is 1. The van der Waals surface area contributed by atoms with Gasteiger partial charge in [0.25, 0.3) is 5.69 Å². The van der Waals surface area contributed by atoms with E-state index < -0.39 is 25.1 Å². The van der Waals surface area contributed by atoms with E-state index in [4.69, 9.17) is 9.84 Å². The van der Waals surface area contributed by atoms with Gasteiger partial charge in [-0.15, -0.1) is 0 Å². The molecule has 1 aliphatic rings. The molecule has 2 aromatic rings. The van der Waals surface area contributed by atoms with Crippen LogP contribution in [-0.4, -0.2) is 76.1 Å². The fraction of sp³-hybridized carbons (Fsp3) is 0.520. The summed E-state index contributed by atoms with van der Waals surface area (Å²) in [6, 6.07) is 9.06. The molecule has 2 heterocycles. The van der Waals surface area contributed by atoms with Gasteiger partial charge in [-0.1, -0.05) is 24.3 Å². The van der Waals surface area contributed by atoms with Crippen molar-refractivity contribution in [3.05, 3.63) is 53.9 Å². The zero-order valence-electron chi connectivity index (χ0n) is 20.0. The molecule has 9 nitrogen and oxygen atoms in total. The number of aromatic nitrogens is 1. The lowest BCUT2D eigenvalue weighted by molar-refractivity contribution is -0.910. The van der Waals surface area contributed by atoms with Crippen LogP contribution in [0.5, 0.6) is 0 Å². The number of rotatable bonds is 10. The number of ether oxygens (including phenoxy) is 1. The van der Waals surface area contributed by atoms with E-state index in [0.29, 0.717) is 29.8 Å². The van der Waals surface area contributed by atoms with Crippen molar-refractivity contribution >= 4 is 5.91 Å². The van der Waals surface area contributed by atoms with Crippen molar-refractivity contribution in [1.29, 1.82) is 0 Å². The number of aliphatic hydroxyl groups excluding tert-OH is 3. The number of carbonyl (C=O) groups excluding carboxylic acids is 1. The highest BCUT2D eigenvalue weighted by atomic mass is 19.1. The Morgan fingerprint density at radius 1 is 1.23 bits per heavy atom. The second-order valence-corrected chi connectivity index (χ2v) is 9.06. The van der Waals surface area contributed by atoms with Gasteiger partial charge in [0.1, 0.15) is 19.4 Å². The fourth-order valence-electron chi connectivity index (χ4n) is 4.31. The first-order valence-electron chi connectivity index (χ1n) is 11.7. The molecule has 0 saturated carbocycles. The molecule has 1 saturated heterocycles. The van der Waals surface area contributed by atoms with Crippen LogP contribution in [-0.2, 0) is 16.1 Å². The summed E-state index contributed by atoms with van der Waals surface area (Å²) >= 11 is 0. The van der Waals surface area contributed by atoms with Crippen LogP contribution < -0.4 is 10.0 Å². The number of halogens is 1. The number of pyridine rings is 1. The zero-order chi connectivity index (χ0) is 25.5. The first-order chi connectivity index (χ1) is 16.7. The van der Waals surface area contributed by atoms with Crippen LogP contribution in [0.25, 0.3) is 11.1 Å². The minimum atomic E-state index is -1.23. The van der Waals surface area contributed by atoms with E-state index >= 15 is 0 Å². The van der Waals surface area contributed by atoms with Crippen molar-refractivity contribution in [2.75, 3.05) is 20.3 Å². The molecule has 1 fully saturated rings. The molecule has 10 heteroatoms. The molecule has 0 aliphatic carbocycles. The van der Waals surface area contributed by atoms with Gasteiger partial charge in [-0.25, -0.2) is 4.39 Å². The molecule has 0 spiro atoms. The van der Waals surface area contributed by atoms with E-state index in [9.17, 15) is 24.6 Å². The molecule has 1 aromatic carbocycles. The summed E-state index contributed by atoms with van der Waals surface area (Å²) in [5.74, 6) is -0.368. The molecule has 0 radical (unpaired) electrons. The summed E-state index contributed by atoms with van der Waals surface area (Å²) in [5.41, 5.74) is 2.23. The molecule has 1 aliphatic heterocycles. The molecule has 3 rings (SSSR count). The van der Waals surface area contributed by atoms with Crippen LogP contribution in [0.15, 0.2) is 42.6 Å². The summed E-state index contributed by atoms with van der Waals surface area (Å²) in [5, 5.41) is 42.1. The average molecular weight is 493 g/mol. The van der Waals surface area contributed by atoms with Gasteiger partial charge in [-0.3, -0.25) is 10.0 Å². The number of benzene rings is 1. The average Bonchev–Trinajstić information content (AvgIpc) is 2.84. The second kappa shape index (κ2) is 12.4. The smallest absolute Gasteiger partial charge is 0.259 e. The quantitative estimate of drug-likeness (QED) is 0.248. The van der Waals surface area contributed by atoms with Gasteiger partial charge in [-0.05, 0) is 37.6 Å². The number of alkyl halides is 1. The minimum Gasteiger partial charge on any atom is -0.386 e. The lowest BCUT2D eigenvalue weighted by Crippen LogP contribution is -2.45. The molecule has 192 valence electrons. The lowest BCUT2D eigenvalue weighted by atomic mass is 9.99. The van der Waals surface area contributed by atoms with Gasteiger partial charge in [0.15, 0.2) is 6.29 Å². The first-order valence-corrected chi connectivity index (χ1v) is 11.7. The molecule has 2 unspecified atom stereocenters. The summed E-state index contributed by atoms with van der Waals surface area (Å²) in [6.07, 6.45) is 0.686. The molecular weight excluding hydrogens is 457 g/mol. The number of hydrogen-bond acceptors (Lipinski definition) is 7. The molecular formula is C25H35FN3O6+. The standard InChI is InChI=1S/C25H34FN3O6/c1-16-11-21(12-24(32)35-16)28(2)10-9-23(31)27-22(13-26)25(33)18-5-3-17(4-6-18)19-7-8-20(15-30)29(34)14-19/h3-8,14,16,21-22,24-25,30,32-33H,9-13,15H2,1-2H3,(H-,27,31,34)/p+1/t16-,21?,22-,24-,25?/m1/s1. The summed E-state index contributed by atoms with van der Waals surface area (Å²) in [6.45, 7) is 1.10. The largest absolute Gasteiger partial charge is 0.386 e. The minimum absolute atomic E-state index is 0.0678. The number of aliphatic hydroxyl groups is 3. The van der Waals surface area contributed by atoms with Crippen molar-refractivity contribution in [3.8, 4) is 11.1 Å². The molecule has 35 heavy (non-hydrogen) atoms. The van der Waals surface area contributed by atoms with Gasteiger partial charge in [0, 0.05) is 36.2 Å². The Kier molecular flexibility index (Phi) is 9.53. The zero-order valence-corrected chi connectivity index (χ0v) is 20.0. The normalized spacial score (nSPS) is 22.1. The van der Waals surface area contributed by atoms with Crippen LogP contribution in [0.4, 0.5) is 4.39 Å². The number of amides is 1. The van der Waals surface area contributed by atoms with Gasteiger partial charge >= 0.3 is 0 Å². The van der Waals surface area contributed by atoms with E-state index in [1.165, 1.54) is 6.20 Å². The summed E-state index contributed by atoms with van der Waals surface area (Å²) in [4.78, 5) is 14.4. The van der Waals surface area contributed by atoms with Crippen molar-refractivity contribution in [2.45, 2.75) is 63.4 Å². The number of carbonyl (C=O) groups is 1. The Morgan fingerprint density at radius 2 is 1.91 bits per heavy atom. The third kappa shape index (κ3) is 7.18. The SMILES string of the molecule is C[C@@H]1CC(N(C)CCC(=O)N[C@H](CF)C(O)c2ccc(-c3ccc(CO)[n+](O)c3)cc2)C[C@H](O)O1. The van der Waals surface area contributed by atoms with Crippen LogP contribution in [0, 0.1) is 0 Å². The molecule has 1 aromatic heterocycles. The molecule has 5 N–H and O–H groups in total. The topological polar surface area (TPSA) is 126 Å². The predicted octanol–water partition coefficient (Wildman–Crippen LogP) is 1.07. The van der Waals surface area contributed by atoms with E-state index in [0.717, 1.165) is 16.7 Å². The fourth-order valence-corrected chi connectivity index (χ4v) is 4.31. The van der Waals surface area contributed by atoms with E-state index in [1.807, 2.05) is 18.9 Å². The third-order valence-corrected chi connectivity index (χ3v) is 6.43. The highest BCUT2D eigenvalue weighted by Crippen LogP contribution is 2.24. The Bertz CT molecular complexity index is 966. The van der Waals surface area contributed by atoms with Gasteiger partial charge in [0.05, 0.1) is 17.7 Å². The monoisotopic (exact) mass is 492 g/mol. The Hall–Kier alpha value is -2.63. The highest BCUT2D eigenvalue weighted by Gasteiger charge is 2.29. The Balaban J connectivity index is 1.55. The number of nitrogens with zero attached hydrogens (tertiary/aromatic N) is 2. The highest BCUT2D eigenvalue weighted by molar-refractivity contribution is 5.76. The maximum Gasteiger partial charge on any atom is 0.259 e. The van der Waals surface area contributed by atoms with Gasteiger partial charge in [0.2, 0.25) is 12.1 Å². The third-order valence-electron chi connectivity index (χ3n) is 6.43. The molecule has 1 amide bonds. The van der Waals surface area contributed by atoms with Crippen LogP contribution in [0.2, 0.25) is 0 Å². The van der Waals surface area contributed by atoms with Crippen molar-refractivity contribution in [1.82, 2.24) is 10.2 Å². The van der Waals surface area contributed by atoms with Crippen molar-refractivity contribution in [2.24, 2.45) is 0 Å². The van der Waals surface area contributed by atoms with Crippen LogP contribution in [0.3, 0.4) is 0 Å². The maximum atomic E-state index is 13.7. The van der Waals surface area contributed by atoms with Crippen molar-refractivity contribution < 1.29 is 39.2 Å². The lowest BCUT2D eigenvalue weighted by Gasteiger charge is -2.36.